The number of aliphatic carboxylic acids is 2. The van der Waals surface area contributed by atoms with Gasteiger partial charge in [0.2, 0.25) is 0 Å². The molecule has 0 heterocycles. The molecule has 0 aliphatic rings. The fraction of sp³-hybridized carbons (Fsp3) is 0.222. The fourth-order valence-corrected chi connectivity index (χ4v) is 3.52. The van der Waals surface area contributed by atoms with Gasteiger partial charge in [-0.1, -0.05) is 72.8 Å². The molecule has 1 atom stereocenters. The molecule has 0 unspecified atom stereocenters. The first-order valence-electron chi connectivity index (χ1n) is 11.3. The predicted octanol–water partition coefficient (Wildman–Crippen LogP) is 4.42. The molecule has 0 saturated heterocycles. The van der Waals surface area contributed by atoms with E-state index in [9.17, 15) is 27.9 Å². The molecule has 0 radical (unpaired) electrons. The van der Waals surface area contributed by atoms with Gasteiger partial charge in [-0.15, -0.1) is 0 Å². The fourth-order valence-electron chi connectivity index (χ4n) is 3.52. The minimum absolute atomic E-state index is 0.0424. The van der Waals surface area contributed by atoms with Crippen LogP contribution in [-0.2, 0) is 9.59 Å². The number of amides is 1. The number of benzene rings is 3. The number of carboxylic acids is 2. The van der Waals surface area contributed by atoms with Crippen LogP contribution in [0.25, 0.3) is 0 Å². The molecule has 0 fully saturated rings. The van der Waals surface area contributed by atoms with Gasteiger partial charge in [0.05, 0.1) is 0 Å². The van der Waals surface area contributed by atoms with Crippen LogP contribution in [0.15, 0.2) is 84.9 Å². The molecule has 10 heteroatoms. The summed E-state index contributed by atoms with van der Waals surface area (Å²) in [7, 11) is 0. The minimum atomic E-state index is -5.08. The molecule has 0 spiro atoms. The first-order valence-corrected chi connectivity index (χ1v) is 11.3. The Hall–Kier alpha value is -4.18. The summed E-state index contributed by atoms with van der Waals surface area (Å²) >= 11 is 0. The maximum atomic E-state index is 12.5. The SMILES string of the molecule is NCCC[C@H](NC(=O)c1ccc(C(c2ccccc2)c2ccccc2)cc1)C(=O)O.O=C(O)C(F)(F)F. The van der Waals surface area contributed by atoms with Crippen LogP contribution in [0.3, 0.4) is 0 Å². The molecule has 0 bridgehead atoms. The number of hydrogen-bond acceptors (Lipinski definition) is 4. The molecule has 7 nitrogen and oxygen atoms in total. The Morgan fingerprint density at radius 2 is 1.22 bits per heavy atom. The second-order valence-corrected chi connectivity index (χ2v) is 7.97. The molecule has 1 amide bonds. The van der Waals surface area contributed by atoms with Crippen molar-refractivity contribution >= 4 is 17.8 Å². The van der Waals surface area contributed by atoms with E-state index in [4.69, 9.17) is 15.6 Å². The van der Waals surface area contributed by atoms with Gasteiger partial charge >= 0.3 is 18.1 Å². The summed E-state index contributed by atoms with van der Waals surface area (Å²) in [6, 6.07) is 26.8. The van der Waals surface area contributed by atoms with Crippen LogP contribution in [0.2, 0.25) is 0 Å². The van der Waals surface area contributed by atoms with Crippen molar-refractivity contribution in [2.24, 2.45) is 5.73 Å². The van der Waals surface area contributed by atoms with Crippen molar-refractivity contribution in [2.45, 2.75) is 31.0 Å². The van der Waals surface area contributed by atoms with Crippen LogP contribution in [-0.4, -0.2) is 46.8 Å². The molecular weight excluding hydrogens is 489 g/mol. The highest BCUT2D eigenvalue weighted by Gasteiger charge is 2.38. The van der Waals surface area contributed by atoms with E-state index in [0.29, 0.717) is 24.9 Å². The molecular formula is C27H27F3N2O5. The van der Waals surface area contributed by atoms with Crippen LogP contribution < -0.4 is 11.1 Å². The van der Waals surface area contributed by atoms with Crippen molar-refractivity contribution in [3.05, 3.63) is 107 Å². The number of carbonyl (C=O) groups is 3. The number of carbonyl (C=O) groups excluding carboxylic acids is 1. The van der Waals surface area contributed by atoms with Crippen LogP contribution in [0, 0.1) is 0 Å². The largest absolute Gasteiger partial charge is 0.490 e. The third-order valence-corrected chi connectivity index (χ3v) is 5.31. The van der Waals surface area contributed by atoms with Gasteiger partial charge < -0.3 is 21.3 Å². The monoisotopic (exact) mass is 516 g/mol. The summed E-state index contributed by atoms with van der Waals surface area (Å²) < 4.78 is 31.7. The smallest absolute Gasteiger partial charge is 0.480 e. The quantitative estimate of drug-likeness (QED) is 0.312. The van der Waals surface area contributed by atoms with Crippen LogP contribution in [0.1, 0.15) is 45.8 Å². The molecule has 3 aromatic rings. The normalized spacial score (nSPS) is 11.7. The lowest BCUT2D eigenvalue weighted by Crippen LogP contribution is -2.41. The minimum Gasteiger partial charge on any atom is -0.480 e. The lowest BCUT2D eigenvalue weighted by Gasteiger charge is -2.19. The number of nitrogens with one attached hydrogen (secondary N) is 1. The Labute approximate surface area is 211 Å². The van der Waals surface area contributed by atoms with Crippen molar-refractivity contribution in [1.29, 1.82) is 0 Å². The van der Waals surface area contributed by atoms with Gasteiger partial charge in [-0.2, -0.15) is 13.2 Å². The zero-order valence-electron chi connectivity index (χ0n) is 19.7. The summed E-state index contributed by atoms with van der Waals surface area (Å²) in [6.45, 7) is 0.384. The second-order valence-electron chi connectivity index (χ2n) is 7.97. The molecule has 5 N–H and O–H groups in total. The van der Waals surface area contributed by atoms with Crippen LogP contribution in [0.4, 0.5) is 13.2 Å². The second kappa shape index (κ2) is 13.8. The maximum Gasteiger partial charge on any atom is 0.490 e. The van der Waals surface area contributed by atoms with E-state index in [0.717, 1.165) is 16.7 Å². The third kappa shape index (κ3) is 9.08. The van der Waals surface area contributed by atoms with Gasteiger partial charge in [0, 0.05) is 11.5 Å². The third-order valence-electron chi connectivity index (χ3n) is 5.31. The predicted molar refractivity (Wildman–Crippen MR) is 131 cm³/mol. The van der Waals surface area contributed by atoms with Crippen molar-refractivity contribution in [1.82, 2.24) is 5.32 Å². The van der Waals surface area contributed by atoms with E-state index >= 15 is 0 Å². The van der Waals surface area contributed by atoms with E-state index < -0.39 is 30.1 Å². The van der Waals surface area contributed by atoms with E-state index in [2.05, 4.69) is 29.6 Å². The van der Waals surface area contributed by atoms with E-state index in [1.165, 1.54) is 0 Å². The molecule has 0 aromatic heterocycles. The number of nitrogens with two attached hydrogens (primary N) is 1. The number of halogens is 3. The number of alkyl halides is 3. The molecule has 0 aliphatic heterocycles. The Balaban J connectivity index is 0.000000604. The average Bonchev–Trinajstić information content (AvgIpc) is 2.88. The van der Waals surface area contributed by atoms with E-state index in [1.807, 2.05) is 48.5 Å². The maximum absolute atomic E-state index is 12.5. The first kappa shape index (κ1) is 29.1. The number of carboxylic acid groups (broad SMARTS) is 2. The van der Waals surface area contributed by atoms with Gasteiger partial charge in [-0.25, -0.2) is 9.59 Å². The Morgan fingerprint density at radius 3 is 1.59 bits per heavy atom. The Morgan fingerprint density at radius 1 is 0.784 bits per heavy atom. The Bertz CT molecular complexity index is 1110. The Kier molecular flexibility index (Phi) is 10.8. The zero-order chi connectivity index (χ0) is 27.4. The standard InChI is InChI=1S/C25H26N2O3.C2HF3O2/c26-17-7-12-22(25(29)30)27-24(28)21-15-13-20(14-16-21)23(18-8-3-1-4-9-18)19-10-5-2-6-11-19;3-2(4,5)1(6)7/h1-6,8-11,13-16,22-23H,7,12,17,26H2,(H,27,28)(H,29,30);(H,6,7)/t22-;/m0./s1. The average molecular weight is 517 g/mol. The molecule has 0 saturated carbocycles. The van der Waals surface area contributed by atoms with E-state index in [1.54, 1.807) is 12.1 Å². The van der Waals surface area contributed by atoms with Crippen LogP contribution in [0.5, 0.6) is 0 Å². The summed E-state index contributed by atoms with van der Waals surface area (Å²) in [5.74, 6) is -4.17. The van der Waals surface area contributed by atoms with Crippen LogP contribution >= 0.6 is 0 Å². The van der Waals surface area contributed by atoms with E-state index in [-0.39, 0.29) is 5.92 Å². The number of hydrogen-bond donors (Lipinski definition) is 4. The first-order chi connectivity index (χ1) is 17.5. The summed E-state index contributed by atoms with van der Waals surface area (Å²) in [5, 5.41) is 19.0. The van der Waals surface area contributed by atoms with Gasteiger partial charge in [0.25, 0.3) is 5.91 Å². The van der Waals surface area contributed by atoms with Gasteiger partial charge in [-0.3, -0.25) is 4.79 Å². The van der Waals surface area contributed by atoms with Gasteiger partial charge in [-0.05, 0) is 48.2 Å². The van der Waals surface area contributed by atoms with Crippen molar-refractivity contribution in [3.63, 3.8) is 0 Å². The van der Waals surface area contributed by atoms with Gasteiger partial charge in [0.15, 0.2) is 0 Å². The molecule has 3 aromatic carbocycles. The summed E-state index contributed by atoms with van der Waals surface area (Å²) in [4.78, 5) is 32.8. The topological polar surface area (TPSA) is 130 Å². The van der Waals surface area contributed by atoms with Crippen molar-refractivity contribution < 1.29 is 37.8 Å². The molecule has 3 rings (SSSR count). The molecule has 0 aliphatic carbocycles. The molecule has 196 valence electrons. The lowest BCUT2D eigenvalue weighted by atomic mass is 9.85. The highest BCUT2D eigenvalue weighted by molar-refractivity contribution is 5.96. The van der Waals surface area contributed by atoms with Gasteiger partial charge in [0.1, 0.15) is 6.04 Å². The summed E-state index contributed by atoms with van der Waals surface area (Å²) in [5.41, 5.74) is 9.26. The van der Waals surface area contributed by atoms with Crippen molar-refractivity contribution in [2.75, 3.05) is 6.54 Å². The number of rotatable bonds is 9. The zero-order valence-corrected chi connectivity index (χ0v) is 19.7. The summed E-state index contributed by atoms with van der Waals surface area (Å²) in [6.07, 6.45) is -4.24. The highest BCUT2D eigenvalue weighted by Crippen LogP contribution is 2.31. The van der Waals surface area contributed by atoms with Crippen molar-refractivity contribution in [3.8, 4) is 0 Å². The highest BCUT2D eigenvalue weighted by atomic mass is 19.4. The molecule has 37 heavy (non-hydrogen) atoms. The lowest BCUT2D eigenvalue weighted by molar-refractivity contribution is -0.192.